The van der Waals surface area contributed by atoms with Gasteiger partial charge in [-0.25, -0.2) is 9.37 Å². The van der Waals surface area contributed by atoms with Crippen molar-refractivity contribution in [3.8, 4) is 0 Å². The second kappa shape index (κ2) is 4.14. The van der Waals surface area contributed by atoms with Crippen molar-refractivity contribution >= 4 is 15.9 Å². The van der Waals surface area contributed by atoms with Gasteiger partial charge in [-0.15, -0.1) is 0 Å². The van der Waals surface area contributed by atoms with E-state index >= 15 is 0 Å². The zero-order valence-corrected chi connectivity index (χ0v) is 9.83. The van der Waals surface area contributed by atoms with E-state index < -0.39 is 0 Å². The maximum atomic E-state index is 13.1. The van der Waals surface area contributed by atoms with Crippen LogP contribution in [0.2, 0.25) is 0 Å². The maximum Gasteiger partial charge on any atom is 0.124 e. The third-order valence-corrected chi connectivity index (χ3v) is 2.66. The number of hydrogen-bond acceptors (Lipinski definition) is 1. The van der Waals surface area contributed by atoms with Crippen LogP contribution < -0.4 is 0 Å². The molecule has 1 aromatic heterocycles. The maximum absolute atomic E-state index is 13.1. The summed E-state index contributed by atoms with van der Waals surface area (Å²) in [6.45, 7) is 2.57. The molecular weight excluding hydrogens is 259 g/mol. The molecule has 15 heavy (non-hydrogen) atoms. The number of aromatic nitrogens is 2. The average molecular weight is 269 g/mol. The zero-order valence-electron chi connectivity index (χ0n) is 8.24. The minimum atomic E-state index is -0.225. The molecular formula is C11H10BrFN2. The van der Waals surface area contributed by atoms with Crippen molar-refractivity contribution in [2.75, 3.05) is 0 Å². The second-order valence-corrected chi connectivity index (χ2v) is 4.30. The molecule has 0 fully saturated rings. The largest absolute Gasteiger partial charge is 0.331 e. The van der Waals surface area contributed by atoms with Crippen LogP contribution in [-0.2, 0) is 6.54 Å². The smallest absolute Gasteiger partial charge is 0.124 e. The molecule has 0 amide bonds. The second-order valence-electron chi connectivity index (χ2n) is 3.38. The molecule has 0 bridgehead atoms. The van der Waals surface area contributed by atoms with Gasteiger partial charge in [0.2, 0.25) is 0 Å². The highest BCUT2D eigenvalue weighted by atomic mass is 79.9. The van der Waals surface area contributed by atoms with E-state index in [1.807, 2.05) is 23.8 Å². The lowest BCUT2D eigenvalue weighted by Gasteiger charge is -2.05. The Morgan fingerprint density at radius 1 is 1.40 bits per heavy atom. The Bertz CT molecular complexity index is 459. The standard InChI is InChI=1S/C11H10BrFN2/c1-8-14-2-3-15(8)7-9-4-10(12)6-11(13)5-9/h2-6H,7H2,1H3. The van der Waals surface area contributed by atoms with Crippen molar-refractivity contribution in [1.82, 2.24) is 9.55 Å². The van der Waals surface area contributed by atoms with E-state index in [4.69, 9.17) is 0 Å². The molecule has 0 unspecified atom stereocenters. The summed E-state index contributed by atoms with van der Waals surface area (Å²) in [5, 5.41) is 0. The summed E-state index contributed by atoms with van der Waals surface area (Å²) in [5.41, 5.74) is 0.919. The van der Waals surface area contributed by atoms with Gasteiger partial charge in [0.1, 0.15) is 11.6 Å². The first kappa shape index (κ1) is 10.4. The molecule has 78 valence electrons. The fourth-order valence-corrected chi connectivity index (χ4v) is 1.98. The molecule has 0 N–H and O–H groups in total. The van der Waals surface area contributed by atoms with Crippen LogP contribution in [0.1, 0.15) is 11.4 Å². The average Bonchev–Trinajstić information content (AvgIpc) is 2.50. The Balaban J connectivity index is 2.28. The predicted molar refractivity (Wildman–Crippen MR) is 60.2 cm³/mol. The van der Waals surface area contributed by atoms with Gasteiger partial charge in [-0.05, 0) is 30.7 Å². The third kappa shape index (κ3) is 2.45. The number of benzene rings is 1. The van der Waals surface area contributed by atoms with E-state index in [2.05, 4.69) is 20.9 Å². The molecule has 0 aliphatic rings. The number of aryl methyl sites for hydroxylation is 1. The molecule has 0 spiro atoms. The molecule has 4 heteroatoms. The lowest BCUT2D eigenvalue weighted by Crippen LogP contribution is -2.01. The topological polar surface area (TPSA) is 17.8 Å². The Morgan fingerprint density at radius 2 is 2.20 bits per heavy atom. The van der Waals surface area contributed by atoms with Gasteiger partial charge in [-0.2, -0.15) is 0 Å². The normalized spacial score (nSPS) is 10.6. The third-order valence-electron chi connectivity index (χ3n) is 2.20. The quantitative estimate of drug-likeness (QED) is 0.819. The Morgan fingerprint density at radius 3 is 2.80 bits per heavy atom. The van der Waals surface area contributed by atoms with Gasteiger partial charge in [0.15, 0.2) is 0 Å². The zero-order chi connectivity index (χ0) is 10.8. The lowest BCUT2D eigenvalue weighted by molar-refractivity contribution is 0.622. The predicted octanol–water partition coefficient (Wildman–Crippen LogP) is 3.14. The van der Waals surface area contributed by atoms with E-state index in [0.29, 0.717) is 6.54 Å². The van der Waals surface area contributed by atoms with Crippen molar-refractivity contribution in [3.05, 3.63) is 52.3 Å². The first-order valence-electron chi connectivity index (χ1n) is 4.58. The molecule has 1 heterocycles. The van der Waals surface area contributed by atoms with Gasteiger partial charge in [-0.3, -0.25) is 0 Å². The van der Waals surface area contributed by atoms with Gasteiger partial charge in [-0.1, -0.05) is 15.9 Å². The molecule has 0 saturated carbocycles. The molecule has 2 nitrogen and oxygen atoms in total. The molecule has 0 radical (unpaired) electrons. The Kier molecular flexibility index (Phi) is 2.86. The van der Waals surface area contributed by atoms with Crippen LogP contribution in [0.3, 0.4) is 0 Å². The van der Waals surface area contributed by atoms with Crippen molar-refractivity contribution in [1.29, 1.82) is 0 Å². The Labute approximate surface area is 95.9 Å². The summed E-state index contributed by atoms with van der Waals surface area (Å²) in [5.74, 6) is 0.701. The first-order valence-corrected chi connectivity index (χ1v) is 5.37. The SMILES string of the molecule is Cc1nccn1Cc1cc(F)cc(Br)c1. The minimum Gasteiger partial charge on any atom is -0.331 e. The van der Waals surface area contributed by atoms with Crippen LogP contribution in [-0.4, -0.2) is 9.55 Å². The van der Waals surface area contributed by atoms with E-state index in [9.17, 15) is 4.39 Å². The Hall–Kier alpha value is -1.16. The lowest BCUT2D eigenvalue weighted by atomic mass is 10.2. The van der Waals surface area contributed by atoms with Crippen LogP contribution in [0.5, 0.6) is 0 Å². The van der Waals surface area contributed by atoms with Crippen LogP contribution in [0, 0.1) is 12.7 Å². The highest BCUT2D eigenvalue weighted by Gasteiger charge is 2.01. The molecule has 0 saturated heterocycles. The van der Waals surface area contributed by atoms with E-state index in [1.54, 1.807) is 6.20 Å². The summed E-state index contributed by atoms with van der Waals surface area (Å²) in [4.78, 5) is 4.12. The minimum absolute atomic E-state index is 0.225. The summed E-state index contributed by atoms with van der Waals surface area (Å²) >= 11 is 3.27. The molecule has 0 aliphatic heterocycles. The molecule has 1 aromatic carbocycles. The first-order chi connectivity index (χ1) is 7.15. The van der Waals surface area contributed by atoms with E-state index in [1.165, 1.54) is 12.1 Å². The molecule has 0 aliphatic carbocycles. The van der Waals surface area contributed by atoms with Gasteiger partial charge >= 0.3 is 0 Å². The monoisotopic (exact) mass is 268 g/mol. The number of hydrogen-bond donors (Lipinski definition) is 0. The van der Waals surface area contributed by atoms with E-state index in [0.717, 1.165) is 15.9 Å². The fourth-order valence-electron chi connectivity index (χ4n) is 1.47. The van der Waals surface area contributed by atoms with Crippen LogP contribution in [0.25, 0.3) is 0 Å². The highest BCUT2D eigenvalue weighted by Crippen LogP contribution is 2.16. The van der Waals surface area contributed by atoms with Gasteiger partial charge in [0, 0.05) is 23.4 Å². The van der Waals surface area contributed by atoms with Crippen molar-refractivity contribution in [2.24, 2.45) is 0 Å². The number of rotatable bonds is 2. The van der Waals surface area contributed by atoms with Gasteiger partial charge in [0.25, 0.3) is 0 Å². The van der Waals surface area contributed by atoms with Gasteiger partial charge < -0.3 is 4.57 Å². The molecule has 2 rings (SSSR count). The van der Waals surface area contributed by atoms with Crippen LogP contribution >= 0.6 is 15.9 Å². The highest BCUT2D eigenvalue weighted by molar-refractivity contribution is 9.10. The number of imidazole rings is 1. The summed E-state index contributed by atoms with van der Waals surface area (Å²) in [7, 11) is 0. The molecule has 0 atom stereocenters. The summed E-state index contributed by atoms with van der Waals surface area (Å²) < 4.78 is 15.8. The number of nitrogens with zero attached hydrogens (tertiary/aromatic N) is 2. The number of halogens is 2. The van der Waals surface area contributed by atoms with Crippen molar-refractivity contribution in [3.63, 3.8) is 0 Å². The summed E-state index contributed by atoms with van der Waals surface area (Å²) in [6, 6.07) is 4.89. The van der Waals surface area contributed by atoms with Gasteiger partial charge in [0.05, 0.1) is 0 Å². The summed E-state index contributed by atoms with van der Waals surface area (Å²) in [6.07, 6.45) is 3.62. The van der Waals surface area contributed by atoms with Crippen LogP contribution in [0.15, 0.2) is 35.1 Å². The molecule has 2 aromatic rings. The van der Waals surface area contributed by atoms with Crippen LogP contribution in [0.4, 0.5) is 4.39 Å². The van der Waals surface area contributed by atoms with E-state index in [-0.39, 0.29) is 5.82 Å². The van der Waals surface area contributed by atoms with Crippen molar-refractivity contribution < 1.29 is 4.39 Å². The fraction of sp³-hybridized carbons (Fsp3) is 0.182. The van der Waals surface area contributed by atoms with Crippen molar-refractivity contribution in [2.45, 2.75) is 13.5 Å².